The molecule has 114 valence electrons. The van der Waals surface area contributed by atoms with Gasteiger partial charge in [-0.2, -0.15) is 0 Å². The highest BCUT2D eigenvalue weighted by molar-refractivity contribution is 5.39. The van der Waals surface area contributed by atoms with Crippen molar-refractivity contribution in [2.75, 3.05) is 32.8 Å². The third kappa shape index (κ3) is 5.79. The van der Waals surface area contributed by atoms with E-state index in [0.29, 0.717) is 6.61 Å². The molecule has 0 radical (unpaired) electrons. The second kappa shape index (κ2) is 8.71. The van der Waals surface area contributed by atoms with Crippen LogP contribution in [-0.2, 0) is 0 Å². The van der Waals surface area contributed by atoms with Crippen LogP contribution in [0.2, 0.25) is 0 Å². The lowest BCUT2D eigenvalue weighted by molar-refractivity contribution is 0.212. The normalized spacial score (nSPS) is 19.4. The zero-order valence-electron chi connectivity index (χ0n) is 12.8. The van der Waals surface area contributed by atoms with Crippen LogP contribution in [0.4, 0.5) is 0 Å². The quantitative estimate of drug-likeness (QED) is 0.864. The van der Waals surface area contributed by atoms with Crippen LogP contribution in [0.5, 0.6) is 5.75 Å². The average molecular weight is 287 g/mol. The van der Waals surface area contributed by atoms with Crippen LogP contribution in [0, 0.1) is 17.8 Å². The van der Waals surface area contributed by atoms with Gasteiger partial charge in [-0.1, -0.05) is 24.8 Å². The molecule has 0 spiro atoms. The standard InChI is InChI=1S/C18H25NO2/c1-16-5-3-10-19(11-9-16)12-14-21-18-8-2-6-17(15-18)7-4-13-20/h2,6,8,15-16,20H,3,5,9-14H2,1H3. The van der Waals surface area contributed by atoms with E-state index in [-0.39, 0.29) is 6.61 Å². The second-order valence-corrected chi connectivity index (χ2v) is 5.71. The largest absolute Gasteiger partial charge is 0.492 e. The molecule has 21 heavy (non-hydrogen) atoms. The minimum Gasteiger partial charge on any atom is -0.492 e. The smallest absolute Gasteiger partial charge is 0.120 e. The van der Waals surface area contributed by atoms with Crippen molar-refractivity contribution in [2.24, 2.45) is 5.92 Å². The minimum absolute atomic E-state index is 0.113. The van der Waals surface area contributed by atoms with Gasteiger partial charge in [0.15, 0.2) is 0 Å². The topological polar surface area (TPSA) is 32.7 Å². The molecule has 1 aliphatic rings. The lowest BCUT2D eigenvalue weighted by atomic mass is 10.0. The van der Waals surface area contributed by atoms with Gasteiger partial charge in [0.25, 0.3) is 0 Å². The van der Waals surface area contributed by atoms with Crippen LogP contribution < -0.4 is 4.74 Å². The Labute approximate surface area is 127 Å². The highest BCUT2D eigenvalue weighted by Crippen LogP contribution is 2.16. The van der Waals surface area contributed by atoms with Gasteiger partial charge in [-0.3, -0.25) is 4.90 Å². The number of ether oxygens (including phenoxy) is 1. The zero-order valence-corrected chi connectivity index (χ0v) is 12.8. The van der Waals surface area contributed by atoms with E-state index in [4.69, 9.17) is 9.84 Å². The summed E-state index contributed by atoms with van der Waals surface area (Å²) in [4.78, 5) is 2.50. The molecular weight excluding hydrogens is 262 g/mol. The third-order valence-corrected chi connectivity index (χ3v) is 3.93. The summed E-state index contributed by atoms with van der Waals surface area (Å²) in [5, 5.41) is 8.71. The monoisotopic (exact) mass is 287 g/mol. The Morgan fingerprint density at radius 3 is 3.10 bits per heavy atom. The van der Waals surface area contributed by atoms with Gasteiger partial charge in [-0.25, -0.2) is 0 Å². The number of rotatable bonds is 4. The van der Waals surface area contributed by atoms with E-state index in [1.54, 1.807) is 0 Å². The van der Waals surface area contributed by atoms with Crippen molar-refractivity contribution in [3.63, 3.8) is 0 Å². The molecule has 0 amide bonds. The highest BCUT2D eigenvalue weighted by atomic mass is 16.5. The van der Waals surface area contributed by atoms with Crippen LogP contribution in [0.3, 0.4) is 0 Å². The molecule has 1 aliphatic heterocycles. The Morgan fingerprint density at radius 1 is 1.33 bits per heavy atom. The van der Waals surface area contributed by atoms with E-state index in [1.165, 1.54) is 32.4 Å². The van der Waals surface area contributed by atoms with Crippen molar-refractivity contribution in [1.29, 1.82) is 0 Å². The summed E-state index contributed by atoms with van der Waals surface area (Å²) in [5.74, 6) is 7.26. The van der Waals surface area contributed by atoms with Crippen molar-refractivity contribution < 1.29 is 9.84 Å². The average Bonchev–Trinajstić information content (AvgIpc) is 2.70. The van der Waals surface area contributed by atoms with E-state index in [0.717, 1.165) is 23.8 Å². The molecule has 2 rings (SSSR count). The molecule has 0 aliphatic carbocycles. The molecule has 3 nitrogen and oxygen atoms in total. The van der Waals surface area contributed by atoms with E-state index >= 15 is 0 Å². The minimum atomic E-state index is -0.113. The summed E-state index contributed by atoms with van der Waals surface area (Å²) in [6.07, 6.45) is 3.95. The van der Waals surface area contributed by atoms with E-state index in [9.17, 15) is 0 Å². The van der Waals surface area contributed by atoms with Crippen molar-refractivity contribution in [2.45, 2.75) is 26.2 Å². The molecule has 1 saturated heterocycles. The number of nitrogens with zero attached hydrogens (tertiary/aromatic N) is 1. The molecule has 1 atom stereocenters. The maximum absolute atomic E-state index is 8.71. The van der Waals surface area contributed by atoms with E-state index < -0.39 is 0 Å². The fraction of sp³-hybridized carbons (Fsp3) is 0.556. The van der Waals surface area contributed by atoms with Crippen LogP contribution in [0.25, 0.3) is 0 Å². The summed E-state index contributed by atoms with van der Waals surface area (Å²) in [6, 6.07) is 7.73. The lowest BCUT2D eigenvalue weighted by Gasteiger charge is -2.20. The maximum Gasteiger partial charge on any atom is 0.120 e. The van der Waals surface area contributed by atoms with Gasteiger partial charge in [0.2, 0.25) is 0 Å². The molecule has 0 aromatic heterocycles. The summed E-state index contributed by atoms with van der Waals surface area (Å²) in [5.41, 5.74) is 0.880. The highest BCUT2D eigenvalue weighted by Gasteiger charge is 2.13. The summed E-state index contributed by atoms with van der Waals surface area (Å²) in [6.45, 7) is 6.31. The molecule has 1 aromatic rings. The molecule has 0 saturated carbocycles. The first-order valence-electron chi connectivity index (χ1n) is 7.83. The fourth-order valence-electron chi connectivity index (χ4n) is 2.64. The predicted molar refractivity (Wildman–Crippen MR) is 85.4 cm³/mol. The summed E-state index contributed by atoms with van der Waals surface area (Å²) < 4.78 is 5.83. The van der Waals surface area contributed by atoms with Crippen molar-refractivity contribution in [1.82, 2.24) is 4.90 Å². The van der Waals surface area contributed by atoms with Crippen LogP contribution in [0.15, 0.2) is 24.3 Å². The predicted octanol–water partition coefficient (Wildman–Crippen LogP) is 2.53. The first-order valence-corrected chi connectivity index (χ1v) is 7.83. The fourth-order valence-corrected chi connectivity index (χ4v) is 2.64. The van der Waals surface area contributed by atoms with Gasteiger partial charge >= 0.3 is 0 Å². The molecule has 1 unspecified atom stereocenters. The van der Waals surface area contributed by atoms with Gasteiger partial charge in [-0.05, 0) is 56.5 Å². The van der Waals surface area contributed by atoms with Gasteiger partial charge in [0, 0.05) is 12.1 Å². The van der Waals surface area contributed by atoms with E-state index in [1.807, 2.05) is 24.3 Å². The van der Waals surface area contributed by atoms with Crippen LogP contribution in [-0.4, -0.2) is 42.9 Å². The first-order chi connectivity index (χ1) is 10.3. The van der Waals surface area contributed by atoms with Gasteiger partial charge < -0.3 is 9.84 Å². The first kappa shape index (κ1) is 15.9. The Balaban J connectivity index is 1.77. The maximum atomic E-state index is 8.71. The van der Waals surface area contributed by atoms with Crippen molar-refractivity contribution in [3.05, 3.63) is 29.8 Å². The Bertz CT molecular complexity index is 489. The Hall–Kier alpha value is -1.50. The number of aliphatic hydroxyl groups is 1. The molecule has 3 heteroatoms. The Morgan fingerprint density at radius 2 is 2.24 bits per heavy atom. The molecule has 1 fully saturated rings. The lowest BCUT2D eigenvalue weighted by Crippen LogP contribution is -2.29. The number of aliphatic hydroxyl groups excluding tert-OH is 1. The van der Waals surface area contributed by atoms with Crippen LogP contribution in [0.1, 0.15) is 31.7 Å². The summed E-state index contributed by atoms with van der Waals surface area (Å²) >= 11 is 0. The Kier molecular flexibility index (Phi) is 6.59. The van der Waals surface area contributed by atoms with Gasteiger partial charge in [-0.15, -0.1) is 0 Å². The van der Waals surface area contributed by atoms with Crippen molar-refractivity contribution in [3.8, 4) is 17.6 Å². The van der Waals surface area contributed by atoms with Gasteiger partial charge in [0.1, 0.15) is 19.0 Å². The number of likely N-dealkylation sites (tertiary alicyclic amines) is 1. The molecule has 1 N–H and O–H groups in total. The SMILES string of the molecule is CC1CCCN(CCOc2cccc(C#CCO)c2)CC1. The molecule has 1 heterocycles. The zero-order chi connectivity index (χ0) is 14.9. The third-order valence-electron chi connectivity index (χ3n) is 3.93. The number of hydrogen-bond acceptors (Lipinski definition) is 3. The second-order valence-electron chi connectivity index (χ2n) is 5.71. The number of hydrogen-bond donors (Lipinski definition) is 1. The molecule has 0 bridgehead atoms. The number of benzene rings is 1. The van der Waals surface area contributed by atoms with Crippen molar-refractivity contribution >= 4 is 0 Å². The van der Waals surface area contributed by atoms with E-state index in [2.05, 4.69) is 23.7 Å². The molecular formula is C18H25NO2. The summed E-state index contributed by atoms with van der Waals surface area (Å²) in [7, 11) is 0. The van der Waals surface area contributed by atoms with Gasteiger partial charge in [0.05, 0.1) is 0 Å². The molecule has 1 aromatic carbocycles. The van der Waals surface area contributed by atoms with Crippen LogP contribution >= 0.6 is 0 Å².